The van der Waals surface area contributed by atoms with E-state index in [-0.39, 0.29) is 0 Å². The van der Waals surface area contributed by atoms with Gasteiger partial charge in [-0.1, -0.05) is 36.4 Å². The van der Waals surface area contributed by atoms with Crippen LogP contribution >= 0.6 is 0 Å². The first-order chi connectivity index (χ1) is 10.8. The monoisotopic (exact) mass is 301 g/mol. The van der Waals surface area contributed by atoms with Crippen molar-refractivity contribution in [1.29, 1.82) is 0 Å². The molecule has 0 aliphatic rings. The third kappa shape index (κ3) is 5.39. The van der Waals surface area contributed by atoms with Crippen molar-refractivity contribution >= 4 is 0 Å². The Morgan fingerprint density at radius 3 is 2.27 bits per heavy atom. The van der Waals surface area contributed by atoms with Crippen molar-refractivity contribution in [3.63, 3.8) is 0 Å². The van der Waals surface area contributed by atoms with E-state index in [1.54, 1.807) is 0 Å². The molecule has 118 valence electrons. The molecular weight excluding hydrogens is 278 g/mol. The zero-order chi connectivity index (χ0) is 15.6. The fourth-order valence-corrected chi connectivity index (χ4v) is 2.14. The van der Waals surface area contributed by atoms with Gasteiger partial charge in [0, 0.05) is 12.6 Å². The maximum absolute atomic E-state index is 10.1. The summed E-state index contributed by atoms with van der Waals surface area (Å²) in [5, 5.41) is 10.1. The first kappa shape index (κ1) is 16.3. The number of rotatable bonds is 9. The van der Waals surface area contributed by atoms with Crippen LogP contribution in [0.5, 0.6) is 11.5 Å². The van der Waals surface area contributed by atoms with Crippen LogP contribution in [0, 0.1) is 0 Å². The molecule has 1 unspecified atom stereocenters. The van der Waals surface area contributed by atoms with E-state index in [2.05, 4.69) is 0 Å². The molecule has 4 nitrogen and oxygen atoms in total. The molecule has 2 aromatic carbocycles. The minimum atomic E-state index is -0.441. The minimum Gasteiger partial charge on any atom is -0.493 e. The third-order valence-corrected chi connectivity index (χ3v) is 3.27. The van der Waals surface area contributed by atoms with Gasteiger partial charge in [0.1, 0.15) is 18.1 Å². The van der Waals surface area contributed by atoms with E-state index in [4.69, 9.17) is 15.2 Å². The second-order valence-corrected chi connectivity index (χ2v) is 5.03. The molecule has 0 bridgehead atoms. The molecular formula is C18H23NO3. The van der Waals surface area contributed by atoms with Crippen LogP contribution in [0.4, 0.5) is 0 Å². The Balaban J connectivity index is 1.72. The summed E-state index contributed by atoms with van der Waals surface area (Å²) in [4.78, 5) is 0. The molecule has 0 amide bonds. The van der Waals surface area contributed by atoms with Gasteiger partial charge in [-0.05, 0) is 30.5 Å². The summed E-state index contributed by atoms with van der Waals surface area (Å²) in [6, 6.07) is 17.2. The lowest BCUT2D eigenvalue weighted by molar-refractivity contribution is 0.154. The summed E-state index contributed by atoms with van der Waals surface area (Å²) in [7, 11) is 0. The Morgan fingerprint density at radius 2 is 1.59 bits per heavy atom. The Kier molecular flexibility index (Phi) is 6.74. The first-order valence-electron chi connectivity index (χ1n) is 7.58. The molecule has 0 fully saturated rings. The number of hydrogen-bond acceptors (Lipinski definition) is 4. The predicted molar refractivity (Wildman–Crippen MR) is 87.1 cm³/mol. The van der Waals surface area contributed by atoms with Crippen LogP contribution in [0.2, 0.25) is 0 Å². The van der Waals surface area contributed by atoms with Crippen molar-refractivity contribution in [3.05, 3.63) is 60.2 Å². The number of aliphatic hydroxyl groups is 1. The van der Waals surface area contributed by atoms with Crippen molar-refractivity contribution in [2.75, 3.05) is 19.8 Å². The van der Waals surface area contributed by atoms with E-state index in [9.17, 15) is 5.11 Å². The van der Waals surface area contributed by atoms with Crippen LogP contribution in [-0.2, 0) is 0 Å². The maximum atomic E-state index is 10.1. The first-order valence-corrected chi connectivity index (χ1v) is 7.58. The highest BCUT2D eigenvalue weighted by molar-refractivity contribution is 5.32. The number of hydrogen-bond donors (Lipinski definition) is 2. The normalized spacial score (nSPS) is 11.9. The molecule has 0 heterocycles. The molecule has 3 N–H and O–H groups in total. The average molecular weight is 301 g/mol. The number of nitrogens with two attached hydrogens (primary N) is 1. The molecule has 0 spiro atoms. The summed E-state index contributed by atoms with van der Waals surface area (Å²) < 4.78 is 11.1. The number of benzene rings is 2. The fraction of sp³-hybridized carbons (Fsp3) is 0.333. The van der Waals surface area contributed by atoms with Gasteiger partial charge in [-0.3, -0.25) is 0 Å². The van der Waals surface area contributed by atoms with Crippen LogP contribution in [0.1, 0.15) is 24.5 Å². The van der Waals surface area contributed by atoms with Crippen molar-refractivity contribution in [2.45, 2.75) is 18.9 Å². The highest BCUT2D eigenvalue weighted by Crippen LogP contribution is 2.21. The van der Waals surface area contributed by atoms with Crippen molar-refractivity contribution < 1.29 is 14.6 Å². The van der Waals surface area contributed by atoms with Gasteiger partial charge in [0.2, 0.25) is 0 Å². The molecule has 2 aromatic rings. The Bertz CT molecular complexity index is 545. The van der Waals surface area contributed by atoms with Gasteiger partial charge in [0.15, 0.2) is 0 Å². The van der Waals surface area contributed by atoms with Gasteiger partial charge in [0.05, 0.1) is 12.7 Å². The highest BCUT2D eigenvalue weighted by Gasteiger charge is 2.06. The zero-order valence-corrected chi connectivity index (χ0v) is 12.7. The van der Waals surface area contributed by atoms with Crippen LogP contribution < -0.4 is 15.2 Å². The number of aliphatic hydroxyl groups excluding tert-OH is 1. The molecule has 22 heavy (non-hydrogen) atoms. The molecule has 0 aliphatic carbocycles. The van der Waals surface area contributed by atoms with Crippen molar-refractivity contribution in [1.82, 2.24) is 0 Å². The third-order valence-electron chi connectivity index (χ3n) is 3.27. The smallest absolute Gasteiger partial charge is 0.123 e. The van der Waals surface area contributed by atoms with Crippen LogP contribution in [0.15, 0.2) is 54.6 Å². The zero-order valence-electron chi connectivity index (χ0n) is 12.7. The van der Waals surface area contributed by atoms with Gasteiger partial charge in [-0.2, -0.15) is 0 Å². The summed E-state index contributed by atoms with van der Waals surface area (Å²) in [5.41, 5.74) is 6.35. The molecule has 0 aliphatic heterocycles. The summed E-state index contributed by atoms with van der Waals surface area (Å²) in [6.07, 6.45) is 1.01. The summed E-state index contributed by atoms with van der Waals surface area (Å²) in [6.45, 7) is 1.54. The Hall–Kier alpha value is -2.04. The number of ether oxygens (including phenoxy) is 2. The van der Waals surface area contributed by atoms with Gasteiger partial charge >= 0.3 is 0 Å². The van der Waals surface area contributed by atoms with Crippen molar-refractivity contribution in [2.24, 2.45) is 5.73 Å². The summed E-state index contributed by atoms with van der Waals surface area (Å²) >= 11 is 0. The standard InChI is InChI=1S/C18H23NO3/c19-11-13-22-17-9-4-8-16(14-17)21-12-5-10-18(20)15-6-2-1-3-7-15/h1-4,6-9,14,18,20H,5,10-13,19H2. The Morgan fingerprint density at radius 1 is 0.909 bits per heavy atom. The van der Waals surface area contributed by atoms with Gasteiger partial charge in [-0.15, -0.1) is 0 Å². The lowest BCUT2D eigenvalue weighted by Crippen LogP contribution is -2.10. The maximum Gasteiger partial charge on any atom is 0.123 e. The largest absolute Gasteiger partial charge is 0.493 e. The van der Waals surface area contributed by atoms with Gasteiger partial charge in [0.25, 0.3) is 0 Å². The van der Waals surface area contributed by atoms with E-state index in [1.807, 2.05) is 54.6 Å². The molecule has 0 radical (unpaired) electrons. The van der Waals surface area contributed by atoms with Crippen LogP contribution in [0.25, 0.3) is 0 Å². The van der Waals surface area contributed by atoms with Gasteiger partial charge in [-0.25, -0.2) is 0 Å². The van der Waals surface area contributed by atoms with E-state index in [1.165, 1.54) is 0 Å². The van der Waals surface area contributed by atoms with E-state index < -0.39 is 6.10 Å². The molecule has 0 aromatic heterocycles. The lowest BCUT2D eigenvalue weighted by atomic mass is 10.1. The van der Waals surface area contributed by atoms with E-state index in [0.717, 1.165) is 23.5 Å². The van der Waals surface area contributed by atoms with Gasteiger partial charge < -0.3 is 20.3 Å². The molecule has 0 saturated heterocycles. The van der Waals surface area contributed by atoms with E-state index >= 15 is 0 Å². The molecule has 2 rings (SSSR count). The lowest BCUT2D eigenvalue weighted by Gasteiger charge is -2.12. The SMILES string of the molecule is NCCOc1cccc(OCCCC(O)c2ccccc2)c1. The Labute approximate surface area is 131 Å². The second-order valence-electron chi connectivity index (χ2n) is 5.03. The average Bonchev–Trinajstić information content (AvgIpc) is 2.58. The second kappa shape index (κ2) is 9.07. The summed E-state index contributed by atoms with van der Waals surface area (Å²) in [5.74, 6) is 1.52. The van der Waals surface area contributed by atoms with Crippen LogP contribution in [0.3, 0.4) is 0 Å². The highest BCUT2D eigenvalue weighted by atomic mass is 16.5. The van der Waals surface area contributed by atoms with Crippen molar-refractivity contribution in [3.8, 4) is 11.5 Å². The quantitative estimate of drug-likeness (QED) is 0.699. The fourth-order valence-electron chi connectivity index (χ4n) is 2.14. The topological polar surface area (TPSA) is 64.7 Å². The molecule has 4 heteroatoms. The predicted octanol–water partition coefficient (Wildman–Crippen LogP) is 2.92. The van der Waals surface area contributed by atoms with E-state index in [0.29, 0.717) is 26.2 Å². The minimum absolute atomic E-state index is 0.441. The molecule has 0 saturated carbocycles. The molecule has 1 atom stereocenters. The van der Waals surface area contributed by atoms with Crippen LogP contribution in [-0.4, -0.2) is 24.9 Å².